The zero-order chi connectivity index (χ0) is 7.11. The second-order valence-corrected chi connectivity index (χ2v) is 2.64. The van der Waals surface area contributed by atoms with Crippen LogP contribution in [-0.2, 0) is 0 Å². The molecule has 0 spiro atoms. The summed E-state index contributed by atoms with van der Waals surface area (Å²) in [7, 11) is 0. The molecule has 0 amide bonds. The zero-order valence-corrected chi connectivity index (χ0v) is 6.41. The largest absolute Gasteiger partial charge is 0.103 e. The first kappa shape index (κ1) is 8.56. The van der Waals surface area contributed by atoms with E-state index in [-0.39, 0.29) is 0 Å². The first-order chi connectivity index (χ1) is 4.27. The topological polar surface area (TPSA) is 0 Å². The minimum Gasteiger partial charge on any atom is -0.103 e. The van der Waals surface area contributed by atoms with Crippen molar-refractivity contribution in [2.24, 2.45) is 5.92 Å². The van der Waals surface area contributed by atoms with E-state index in [1.165, 1.54) is 12.8 Å². The van der Waals surface area contributed by atoms with Crippen LogP contribution in [0.25, 0.3) is 0 Å². The van der Waals surface area contributed by atoms with Crippen LogP contribution in [0.5, 0.6) is 0 Å². The average molecular weight is 123 g/mol. The third kappa shape index (κ3) is 7.56. The second-order valence-electron chi connectivity index (χ2n) is 2.64. The lowest BCUT2D eigenvalue weighted by molar-refractivity contribution is 0.563. The third-order valence-corrected chi connectivity index (χ3v) is 1.21. The fraction of sp³-hybridized carbons (Fsp3) is 0.667. The lowest BCUT2D eigenvalue weighted by atomic mass is 10.1. The van der Waals surface area contributed by atoms with Gasteiger partial charge < -0.3 is 0 Å². The van der Waals surface area contributed by atoms with E-state index >= 15 is 0 Å². The van der Waals surface area contributed by atoms with Crippen molar-refractivity contribution in [1.82, 2.24) is 0 Å². The van der Waals surface area contributed by atoms with Gasteiger partial charge in [-0.2, -0.15) is 0 Å². The maximum Gasteiger partial charge on any atom is 0.0198 e. The van der Waals surface area contributed by atoms with E-state index < -0.39 is 0 Å². The van der Waals surface area contributed by atoms with Gasteiger partial charge in [0.15, 0.2) is 0 Å². The molecule has 0 atom stereocenters. The maximum absolute atomic E-state index is 3.44. The predicted octanol–water partition coefficient (Wildman–Crippen LogP) is 2.65. The van der Waals surface area contributed by atoms with E-state index in [1.54, 1.807) is 0 Å². The first-order valence-electron chi connectivity index (χ1n) is 3.52. The van der Waals surface area contributed by atoms with Crippen molar-refractivity contribution in [3.8, 4) is 11.8 Å². The van der Waals surface area contributed by atoms with E-state index in [1.807, 2.05) is 0 Å². The smallest absolute Gasteiger partial charge is 0.0198 e. The molecule has 0 aromatic heterocycles. The molecule has 51 valence electrons. The quantitative estimate of drug-likeness (QED) is 0.400. The highest BCUT2D eigenvalue weighted by Gasteiger charge is 1.90. The number of hydrogen-bond donors (Lipinski definition) is 0. The summed E-state index contributed by atoms with van der Waals surface area (Å²) in [5.41, 5.74) is 0. The fourth-order valence-electron chi connectivity index (χ4n) is 0.687. The van der Waals surface area contributed by atoms with E-state index in [2.05, 4.69) is 32.6 Å². The fourth-order valence-corrected chi connectivity index (χ4v) is 0.687. The second kappa shape index (κ2) is 5.69. The molecule has 0 saturated carbocycles. The van der Waals surface area contributed by atoms with Crippen LogP contribution in [0.15, 0.2) is 0 Å². The highest BCUT2D eigenvalue weighted by molar-refractivity contribution is 5.00. The van der Waals surface area contributed by atoms with Crippen LogP contribution in [0.1, 0.15) is 33.1 Å². The Morgan fingerprint density at radius 3 is 2.56 bits per heavy atom. The summed E-state index contributed by atoms with van der Waals surface area (Å²) in [4.78, 5) is 0. The molecule has 0 aromatic carbocycles. The Kier molecular flexibility index (Phi) is 5.41. The Hall–Kier alpha value is -0.440. The Labute approximate surface area is 58.7 Å². The maximum atomic E-state index is 3.44. The summed E-state index contributed by atoms with van der Waals surface area (Å²) in [6.45, 7) is 7.91. The van der Waals surface area contributed by atoms with E-state index in [0.717, 1.165) is 12.3 Å². The van der Waals surface area contributed by atoms with Gasteiger partial charge in [-0.15, -0.1) is 11.8 Å². The van der Waals surface area contributed by atoms with Crippen LogP contribution in [0.4, 0.5) is 0 Å². The minimum absolute atomic E-state index is 0.816. The summed E-state index contributed by atoms with van der Waals surface area (Å²) >= 11 is 0. The van der Waals surface area contributed by atoms with Crippen LogP contribution in [0, 0.1) is 24.7 Å². The monoisotopic (exact) mass is 123 g/mol. The highest BCUT2D eigenvalue weighted by Crippen LogP contribution is 2.04. The summed E-state index contributed by atoms with van der Waals surface area (Å²) in [5.74, 6) is 6.40. The van der Waals surface area contributed by atoms with Crippen LogP contribution in [0.3, 0.4) is 0 Å². The van der Waals surface area contributed by atoms with Crippen molar-refractivity contribution in [3.05, 3.63) is 6.92 Å². The van der Waals surface area contributed by atoms with Crippen molar-refractivity contribution in [1.29, 1.82) is 0 Å². The van der Waals surface area contributed by atoms with Gasteiger partial charge in [-0.3, -0.25) is 0 Å². The molecule has 0 unspecified atom stereocenters. The highest BCUT2D eigenvalue weighted by atomic mass is 14.0. The molecule has 1 radical (unpaired) electrons. The van der Waals surface area contributed by atoms with Gasteiger partial charge >= 0.3 is 0 Å². The molecule has 0 bridgehead atoms. The minimum atomic E-state index is 0.816. The summed E-state index contributed by atoms with van der Waals surface area (Å²) in [5, 5.41) is 0. The Morgan fingerprint density at radius 1 is 1.44 bits per heavy atom. The van der Waals surface area contributed by atoms with E-state index in [9.17, 15) is 0 Å². The molecular weight excluding hydrogens is 108 g/mol. The molecule has 0 heteroatoms. The van der Waals surface area contributed by atoms with Crippen molar-refractivity contribution in [3.63, 3.8) is 0 Å². The van der Waals surface area contributed by atoms with Crippen LogP contribution >= 0.6 is 0 Å². The standard InChI is InChI=1S/C9H15/c1-4-5-6-7-8-9(2)3/h9H,1,6-8H2,2-3H3. The lowest BCUT2D eigenvalue weighted by Gasteiger charge is -1.98. The van der Waals surface area contributed by atoms with Gasteiger partial charge in [-0.05, 0) is 12.3 Å². The molecule has 0 nitrogen and oxygen atoms in total. The normalized spacial score (nSPS) is 8.89. The molecular formula is C9H15. The Balaban J connectivity index is 2.98. The molecule has 0 fully saturated rings. The van der Waals surface area contributed by atoms with Gasteiger partial charge in [-0.1, -0.05) is 20.3 Å². The van der Waals surface area contributed by atoms with Gasteiger partial charge in [0.1, 0.15) is 0 Å². The average Bonchev–Trinajstić information content (AvgIpc) is 1.80. The van der Waals surface area contributed by atoms with Gasteiger partial charge in [0.2, 0.25) is 0 Å². The molecule has 0 N–H and O–H groups in total. The van der Waals surface area contributed by atoms with Gasteiger partial charge in [0, 0.05) is 13.3 Å². The number of unbranched alkanes of at least 4 members (excludes halogenated alkanes) is 1. The van der Waals surface area contributed by atoms with E-state index in [0.29, 0.717) is 0 Å². The molecule has 0 aliphatic rings. The summed E-state index contributed by atoms with van der Waals surface area (Å²) in [6.07, 6.45) is 3.52. The van der Waals surface area contributed by atoms with E-state index in [4.69, 9.17) is 0 Å². The molecule has 0 aliphatic carbocycles. The molecule has 0 saturated heterocycles. The lowest BCUT2D eigenvalue weighted by Crippen LogP contribution is -1.84. The molecule has 0 rings (SSSR count). The van der Waals surface area contributed by atoms with Gasteiger partial charge in [0.05, 0.1) is 0 Å². The SMILES string of the molecule is [CH2]C#CCCCC(C)C. The summed E-state index contributed by atoms with van der Waals surface area (Å²) < 4.78 is 0. The van der Waals surface area contributed by atoms with Gasteiger partial charge in [0.25, 0.3) is 0 Å². The van der Waals surface area contributed by atoms with Crippen LogP contribution in [0.2, 0.25) is 0 Å². The van der Waals surface area contributed by atoms with Crippen molar-refractivity contribution in [2.45, 2.75) is 33.1 Å². The molecule has 0 aliphatic heterocycles. The van der Waals surface area contributed by atoms with Crippen molar-refractivity contribution in [2.75, 3.05) is 0 Å². The number of hydrogen-bond acceptors (Lipinski definition) is 0. The Morgan fingerprint density at radius 2 is 2.11 bits per heavy atom. The van der Waals surface area contributed by atoms with Crippen molar-refractivity contribution >= 4 is 0 Å². The molecule has 9 heavy (non-hydrogen) atoms. The first-order valence-corrected chi connectivity index (χ1v) is 3.52. The van der Waals surface area contributed by atoms with Gasteiger partial charge in [-0.25, -0.2) is 0 Å². The van der Waals surface area contributed by atoms with Crippen LogP contribution in [-0.4, -0.2) is 0 Å². The Bertz CT molecular complexity index is 101. The predicted molar refractivity (Wildman–Crippen MR) is 41.8 cm³/mol. The zero-order valence-electron chi connectivity index (χ0n) is 6.41. The third-order valence-electron chi connectivity index (χ3n) is 1.21. The van der Waals surface area contributed by atoms with Crippen molar-refractivity contribution < 1.29 is 0 Å². The summed E-state index contributed by atoms with van der Waals surface area (Å²) in [6, 6.07) is 0. The van der Waals surface area contributed by atoms with Crippen LogP contribution < -0.4 is 0 Å². The molecule has 0 aromatic rings. The molecule has 0 heterocycles. The number of rotatable bonds is 3.